The van der Waals surface area contributed by atoms with E-state index in [1.807, 2.05) is 24.3 Å². The molecule has 1 amide bonds. The van der Waals surface area contributed by atoms with Gasteiger partial charge in [0.1, 0.15) is 11.6 Å². The van der Waals surface area contributed by atoms with Crippen LogP contribution >= 0.6 is 0 Å². The third-order valence-electron chi connectivity index (χ3n) is 3.52. The van der Waals surface area contributed by atoms with Crippen LogP contribution in [0.15, 0.2) is 24.3 Å². The van der Waals surface area contributed by atoms with E-state index in [0.717, 1.165) is 18.4 Å². The number of nitrogens with one attached hydrogen (secondary N) is 1. The molecule has 0 saturated heterocycles. The molecule has 24 heavy (non-hydrogen) atoms. The van der Waals surface area contributed by atoms with Crippen LogP contribution in [0.1, 0.15) is 58.1 Å². The normalized spacial score (nSPS) is 12.5. The van der Waals surface area contributed by atoms with Gasteiger partial charge in [-0.1, -0.05) is 44.0 Å². The number of amides is 1. The van der Waals surface area contributed by atoms with Gasteiger partial charge in [-0.05, 0) is 44.7 Å². The monoisotopic (exact) mass is 335 g/mol. The van der Waals surface area contributed by atoms with E-state index in [1.54, 1.807) is 20.8 Å². The Labute approximate surface area is 144 Å². The maximum atomic E-state index is 11.8. The molecule has 0 bridgehead atoms. The molecule has 1 rings (SSSR count). The van der Waals surface area contributed by atoms with Crippen molar-refractivity contribution in [3.05, 3.63) is 35.4 Å². The van der Waals surface area contributed by atoms with Crippen molar-refractivity contribution in [2.24, 2.45) is 0 Å². The van der Waals surface area contributed by atoms with Crippen molar-refractivity contribution >= 4 is 12.1 Å². The number of alkyl carbamates (subject to hydrolysis) is 1. The highest BCUT2D eigenvalue weighted by Gasteiger charge is 2.24. The number of carbonyl (C=O) groups excluding carboxylic acids is 1. The van der Waals surface area contributed by atoms with Crippen molar-refractivity contribution in [3.63, 3.8) is 0 Å². The molecule has 1 atom stereocenters. The second-order valence-corrected chi connectivity index (χ2v) is 7.01. The number of hydrogen-bond acceptors (Lipinski definition) is 3. The number of ether oxygens (including phenoxy) is 1. The van der Waals surface area contributed by atoms with Gasteiger partial charge in [-0.2, -0.15) is 0 Å². The number of carboxylic acids is 1. The maximum absolute atomic E-state index is 11.8. The Morgan fingerprint density at radius 1 is 1.12 bits per heavy atom. The second-order valence-electron chi connectivity index (χ2n) is 7.01. The molecule has 0 spiro atoms. The van der Waals surface area contributed by atoms with Crippen LogP contribution in [0.3, 0.4) is 0 Å². The van der Waals surface area contributed by atoms with E-state index >= 15 is 0 Å². The summed E-state index contributed by atoms with van der Waals surface area (Å²) in [7, 11) is 0. The number of aliphatic carboxylic acids is 1. The summed E-state index contributed by atoms with van der Waals surface area (Å²) in [6, 6.07) is 6.89. The Morgan fingerprint density at radius 3 is 2.21 bits per heavy atom. The lowest BCUT2D eigenvalue weighted by Crippen LogP contribution is -2.44. The van der Waals surface area contributed by atoms with Gasteiger partial charge < -0.3 is 15.2 Å². The number of carbonyl (C=O) groups is 2. The summed E-state index contributed by atoms with van der Waals surface area (Å²) in [4.78, 5) is 23.1. The summed E-state index contributed by atoms with van der Waals surface area (Å²) in [6.07, 6.45) is 4.10. The zero-order valence-corrected chi connectivity index (χ0v) is 15.1. The molecule has 1 aromatic rings. The van der Waals surface area contributed by atoms with E-state index in [4.69, 9.17) is 4.74 Å². The smallest absolute Gasteiger partial charge is 0.408 e. The molecule has 0 aliphatic carbocycles. The maximum Gasteiger partial charge on any atom is 0.408 e. The highest BCUT2D eigenvalue weighted by Crippen LogP contribution is 2.12. The lowest BCUT2D eigenvalue weighted by atomic mass is 10.0. The SMILES string of the molecule is CCCCCc1ccc(CC(NC(=O)OC(C)(C)C)C(=O)O)cc1. The number of aryl methyl sites for hydroxylation is 1. The van der Waals surface area contributed by atoms with Gasteiger partial charge in [-0.3, -0.25) is 0 Å². The van der Waals surface area contributed by atoms with Crippen LogP contribution in [0.25, 0.3) is 0 Å². The first-order chi connectivity index (χ1) is 11.2. The fourth-order valence-electron chi connectivity index (χ4n) is 2.31. The van der Waals surface area contributed by atoms with Crippen molar-refractivity contribution in [1.29, 1.82) is 0 Å². The summed E-state index contributed by atoms with van der Waals surface area (Å²) in [5.41, 5.74) is 1.46. The molecule has 5 nitrogen and oxygen atoms in total. The summed E-state index contributed by atoms with van der Waals surface area (Å²) in [5, 5.41) is 11.7. The Morgan fingerprint density at radius 2 is 1.71 bits per heavy atom. The summed E-state index contributed by atoms with van der Waals surface area (Å²) >= 11 is 0. The molecule has 0 fully saturated rings. The van der Waals surface area contributed by atoms with Gasteiger partial charge in [-0.15, -0.1) is 0 Å². The molecule has 0 aromatic heterocycles. The fraction of sp³-hybridized carbons (Fsp3) is 0.579. The largest absolute Gasteiger partial charge is 0.480 e. The molecule has 1 aromatic carbocycles. The van der Waals surface area contributed by atoms with Crippen molar-refractivity contribution in [2.75, 3.05) is 0 Å². The van der Waals surface area contributed by atoms with Gasteiger partial charge in [-0.25, -0.2) is 9.59 Å². The summed E-state index contributed by atoms with van der Waals surface area (Å²) in [5.74, 6) is -1.08. The second kappa shape index (κ2) is 9.30. The highest BCUT2D eigenvalue weighted by atomic mass is 16.6. The van der Waals surface area contributed by atoms with Crippen molar-refractivity contribution in [1.82, 2.24) is 5.32 Å². The van der Waals surface area contributed by atoms with E-state index in [-0.39, 0.29) is 6.42 Å². The van der Waals surface area contributed by atoms with Crippen LogP contribution in [0, 0.1) is 0 Å². The first-order valence-corrected chi connectivity index (χ1v) is 8.51. The first-order valence-electron chi connectivity index (χ1n) is 8.51. The van der Waals surface area contributed by atoms with Gasteiger partial charge >= 0.3 is 12.1 Å². The van der Waals surface area contributed by atoms with Crippen LogP contribution in [0.2, 0.25) is 0 Å². The van der Waals surface area contributed by atoms with Crippen molar-refractivity contribution < 1.29 is 19.4 Å². The molecule has 0 aliphatic heterocycles. The zero-order valence-electron chi connectivity index (χ0n) is 15.1. The van der Waals surface area contributed by atoms with Crippen LogP contribution in [0.5, 0.6) is 0 Å². The van der Waals surface area contributed by atoms with Gasteiger partial charge in [0.25, 0.3) is 0 Å². The molecular formula is C19H29NO4. The molecule has 0 aliphatic rings. The first kappa shape index (κ1) is 20.0. The van der Waals surface area contributed by atoms with Crippen LogP contribution in [-0.4, -0.2) is 28.8 Å². The predicted octanol–water partition coefficient (Wildman–Crippen LogP) is 3.94. The topological polar surface area (TPSA) is 75.6 Å². The Hall–Kier alpha value is -2.04. The molecule has 0 heterocycles. The van der Waals surface area contributed by atoms with Crippen LogP contribution in [-0.2, 0) is 22.4 Å². The van der Waals surface area contributed by atoms with E-state index in [0.29, 0.717) is 0 Å². The molecule has 134 valence electrons. The number of rotatable bonds is 8. The molecule has 2 N–H and O–H groups in total. The Kier molecular flexibility index (Phi) is 7.75. The zero-order chi connectivity index (χ0) is 18.2. The summed E-state index contributed by atoms with van der Waals surface area (Å²) in [6.45, 7) is 7.38. The minimum atomic E-state index is -1.08. The third kappa shape index (κ3) is 7.99. The average Bonchev–Trinajstić information content (AvgIpc) is 2.46. The number of carboxylic acid groups (broad SMARTS) is 1. The fourth-order valence-corrected chi connectivity index (χ4v) is 2.31. The van der Waals surface area contributed by atoms with Gasteiger partial charge in [0, 0.05) is 6.42 Å². The van der Waals surface area contributed by atoms with Gasteiger partial charge in [0.05, 0.1) is 0 Å². The van der Waals surface area contributed by atoms with Crippen molar-refractivity contribution in [2.45, 2.75) is 71.4 Å². The minimum Gasteiger partial charge on any atom is -0.480 e. The molecule has 5 heteroatoms. The van der Waals surface area contributed by atoms with E-state index in [9.17, 15) is 14.7 Å². The lowest BCUT2D eigenvalue weighted by molar-refractivity contribution is -0.139. The molecule has 0 radical (unpaired) electrons. The van der Waals surface area contributed by atoms with Crippen LogP contribution < -0.4 is 5.32 Å². The minimum absolute atomic E-state index is 0.226. The number of benzene rings is 1. The van der Waals surface area contributed by atoms with Gasteiger partial charge in [0.15, 0.2) is 0 Å². The lowest BCUT2D eigenvalue weighted by Gasteiger charge is -2.22. The Bertz CT molecular complexity index is 531. The molecule has 0 saturated carbocycles. The summed E-state index contributed by atoms with van der Waals surface area (Å²) < 4.78 is 5.12. The van der Waals surface area contributed by atoms with Gasteiger partial charge in [0.2, 0.25) is 0 Å². The number of hydrogen-bond donors (Lipinski definition) is 2. The predicted molar refractivity (Wildman–Crippen MR) is 94.2 cm³/mol. The average molecular weight is 335 g/mol. The van der Waals surface area contributed by atoms with E-state index < -0.39 is 23.7 Å². The van der Waals surface area contributed by atoms with E-state index in [1.165, 1.54) is 18.4 Å². The molecular weight excluding hydrogens is 306 g/mol. The highest BCUT2D eigenvalue weighted by molar-refractivity contribution is 5.80. The standard InChI is InChI=1S/C19H29NO4/c1-5-6-7-8-14-9-11-15(12-10-14)13-16(17(21)22)20-18(23)24-19(2,3)4/h9-12,16H,5-8,13H2,1-4H3,(H,20,23)(H,21,22). The van der Waals surface area contributed by atoms with E-state index in [2.05, 4.69) is 12.2 Å². The Balaban J connectivity index is 2.62. The van der Waals surface area contributed by atoms with Crippen molar-refractivity contribution in [3.8, 4) is 0 Å². The quantitative estimate of drug-likeness (QED) is 0.706. The molecule has 1 unspecified atom stereocenters. The van der Waals surface area contributed by atoms with Crippen LogP contribution in [0.4, 0.5) is 4.79 Å². The number of unbranched alkanes of at least 4 members (excludes halogenated alkanes) is 2. The third-order valence-corrected chi connectivity index (χ3v) is 3.52.